The van der Waals surface area contributed by atoms with Gasteiger partial charge in [-0.05, 0) is 25.0 Å². The molecule has 1 fully saturated rings. The zero-order valence-corrected chi connectivity index (χ0v) is 12.5. The van der Waals surface area contributed by atoms with Crippen LogP contribution >= 0.6 is 23.2 Å². The summed E-state index contributed by atoms with van der Waals surface area (Å²) in [7, 11) is 0. The van der Waals surface area contributed by atoms with E-state index in [2.05, 4.69) is 4.98 Å². The van der Waals surface area contributed by atoms with Crippen LogP contribution in [0.25, 0.3) is 11.0 Å². The molecule has 0 unspecified atom stereocenters. The molecule has 0 saturated carbocycles. The van der Waals surface area contributed by atoms with Gasteiger partial charge in [0.15, 0.2) is 0 Å². The van der Waals surface area contributed by atoms with Crippen LogP contribution in [-0.2, 0) is 17.2 Å². The highest BCUT2D eigenvalue weighted by molar-refractivity contribution is 6.35. The number of alkyl halides is 1. The van der Waals surface area contributed by atoms with E-state index in [1.165, 1.54) is 0 Å². The number of fused-ring (bicyclic) bond motifs is 1. The van der Waals surface area contributed by atoms with Crippen molar-refractivity contribution < 1.29 is 4.79 Å². The molecule has 1 aliphatic heterocycles. The van der Waals surface area contributed by atoms with Crippen molar-refractivity contribution >= 4 is 40.1 Å². The van der Waals surface area contributed by atoms with E-state index in [4.69, 9.17) is 23.2 Å². The molecule has 1 amide bonds. The Balaban J connectivity index is 1.97. The van der Waals surface area contributed by atoms with Gasteiger partial charge >= 0.3 is 0 Å². The minimum atomic E-state index is 0.119. The molecular formula is C14H15Cl2N3O. The van der Waals surface area contributed by atoms with Crippen molar-refractivity contribution in [3.63, 3.8) is 0 Å². The standard InChI is InChI=1S/C14H15Cl2N3O/c15-8-12-17-14-10(16)4-3-5-11(14)19(12)9-13(20)18-6-1-2-7-18/h3-5H,1-2,6-9H2. The highest BCUT2D eigenvalue weighted by Crippen LogP contribution is 2.25. The first-order chi connectivity index (χ1) is 9.70. The van der Waals surface area contributed by atoms with Gasteiger partial charge in [0, 0.05) is 13.1 Å². The first-order valence-electron chi connectivity index (χ1n) is 6.68. The van der Waals surface area contributed by atoms with E-state index in [1.54, 1.807) is 6.07 Å². The third-order valence-electron chi connectivity index (χ3n) is 3.68. The molecule has 0 spiro atoms. The Labute approximate surface area is 127 Å². The smallest absolute Gasteiger partial charge is 0.242 e. The lowest BCUT2D eigenvalue weighted by Crippen LogP contribution is -2.31. The zero-order valence-electron chi connectivity index (χ0n) is 11.0. The van der Waals surface area contributed by atoms with E-state index >= 15 is 0 Å². The molecule has 0 aliphatic carbocycles. The molecule has 6 heteroatoms. The molecule has 1 aromatic carbocycles. The molecular weight excluding hydrogens is 297 g/mol. The van der Waals surface area contributed by atoms with E-state index in [9.17, 15) is 4.79 Å². The molecule has 0 radical (unpaired) electrons. The maximum Gasteiger partial charge on any atom is 0.242 e. The van der Waals surface area contributed by atoms with E-state index in [1.807, 2.05) is 21.6 Å². The average molecular weight is 312 g/mol. The quantitative estimate of drug-likeness (QED) is 0.817. The van der Waals surface area contributed by atoms with Gasteiger partial charge in [-0.2, -0.15) is 0 Å². The lowest BCUT2D eigenvalue weighted by molar-refractivity contribution is -0.130. The number of carbonyl (C=O) groups is 1. The van der Waals surface area contributed by atoms with Gasteiger partial charge in [-0.25, -0.2) is 4.98 Å². The van der Waals surface area contributed by atoms with Crippen LogP contribution in [0.15, 0.2) is 18.2 Å². The van der Waals surface area contributed by atoms with Gasteiger partial charge in [-0.1, -0.05) is 17.7 Å². The molecule has 1 aromatic heterocycles. The number of nitrogens with zero attached hydrogens (tertiary/aromatic N) is 3. The Kier molecular flexibility index (Phi) is 3.85. The van der Waals surface area contributed by atoms with Crippen molar-refractivity contribution in [1.29, 1.82) is 0 Å². The van der Waals surface area contributed by atoms with Gasteiger partial charge in [-0.3, -0.25) is 4.79 Å². The van der Waals surface area contributed by atoms with Crippen LogP contribution < -0.4 is 0 Å². The van der Waals surface area contributed by atoms with Crippen LogP contribution in [0.5, 0.6) is 0 Å². The minimum Gasteiger partial charge on any atom is -0.341 e. The molecule has 2 heterocycles. The van der Waals surface area contributed by atoms with Gasteiger partial charge in [0.05, 0.1) is 16.4 Å². The second-order valence-corrected chi connectivity index (χ2v) is 5.62. The summed E-state index contributed by atoms with van der Waals surface area (Å²) in [5.74, 6) is 1.06. The number of para-hydroxylation sites is 1. The van der Waals surface area contributed by atoms with Gasteiger partial charge in [0.25, 0.3) is 0 Å². The number of hydrogen-bond donors (Lipinski definition) is 0. The fourth-order valence-corrected chi connectivity index (χ4v) is 3.06. The van der Waals surface area contributed by atoms with Crippen LogP contribution in [0.4, 0.5) is 0 Å². The Bertz CT molecular complexity index is 647. The topological polar surface area (TPSA) is 38.1 Å². The molecule has 0 atom stereocenters. The van der Waals surface area contributed by atoms with Gasteiger partial charge in [-0.15, -0.1) is 11.6 Å². The monoisotopic (exact) mass is 311 g/mol. The normalized spacial score (nSPS) is 15.2. The summed E-state index contributed by atoms with van der Waals surface area (Å²) in [6, 6.07) is 5.57. The number of imidazole rings is 1. The second-order valence-electron chi connectivity index (χ2n) is 4.94. The van der Waals surface area contributed by atoms with Crippen LogP contribution in [0.1, 0.15) is 18.7 Å². The van der Waals surface area contributed by atoms with Gasteiger partial charge in [0.2, 0.25) is 5.91 Å². The number of rotatable bonds is 3. The van der Waals surface area contributed by atoms with Gasteiger partial charge in [0.1, 0.15) is 17.9 Å². The lowest BCUT2D eigenvalue weighted by Gasteiger charge is -2.16. The summed E-state index contributed by atoms with van der Waals surface area (Å²) in [6.45, 7) is 1.98. The van der Waals surface area contributed by atoms with Crippen LogP contribution in [0.2, 0.25) is 5.02 Å². The van der Waals surface area contributed by atoms with Crippen molar-refractivity contribution in [2.24, 2.45) is 0 Å². The Hall–Kier alpha value is -1.26. The fourth-order valence-electron chi connectivity index (χ4n) is 2.64. The third kappa shape index (κ3) is 2.38. The SMILES string of the molecule is O=C(Cn1c(CCl)nc2c(Cl)cccc21)N1CCCC1. The summed E-state index contributed by atoms with van der Waals surface area (Å²) in [5.41, 5.74) is 1.57. The summed E-state index contributed by atoms with van der Waals surface area (Å²) in [4.78, 5) is 18.6. The molecule has 4 nitrogen and oxygen atoms in total. The van der Waals surface area contributed by atoms with Crippen LogP contribution in [-0.4, -0.2) is 33.4 Å². The second kappa shape index (κ2) is 5.62. The summed E-state index contributed by atoms with van der Waals surface area (Å²) in [6.07, 6.45) is 2.18. The molecule has 1 saturated heterocycles. The summed E-state index contributed by atoms with van der Waals surface area (Å²) < 4.78 is 1.87. The number of halogens is 2. The maximum atomic E-state index is 12.3. The number of aromatic nitrogens is 2. The molecule has 1 aliphatic rings. The number of hydrogen-bond acceptors (Lipinski definition) is 2. The minimum absolute atomic E-state index is 0.119. The summed E-state index contributed by atoms with van der Waals surface area (Å²) in [5, 5.41) is 0.584. The predicted molar refractivity (Wildman–Crippen MR) is 80.1 cm³/mol. The van der Waals surface area contributed by atoms with Crippen molar-refractivity contribution in [1.82, 2.24) is 14.5 Å². The first-order valence-corrected chi connectivity index (χ1v) is 7.59. The van der Waals surface area contributed by atoms with Gasteiger partial charge < -0.3 is 9.47 Å². The van der Waals surface area contributed by atoms with E-state index in [-0.39, 0.29) is 18.3 Å². The molecule has 106 valence electrons. The number of likely N-dealkylation sites (tertiary alicyclic amines) is 1. The summed E-state index contributed by atoms with van der Waals surface area (Å²) >= 11 is 12.1. The van der Waals surface area contributed by atoms with Crippen LogP contribution in [0.3, 0.4) is 0 Å². The van der Waals surface area contributed by atoms with E-state index in [0.717, 1.165) is 31.4 Å². The molecule has 0 bridgehead atoms. The van der Waals surface area contributed by atoms with E-state index < -0.39 is 0 Å². The molecule has 0 N–H and O–H groups in total. The number of amides is 1. The Morgan fingerprint density at radius 3 is 2.75 bits per heavy atom. The molecule has 3 rings (SSSR count). The van der Waals surface area contributed by atoms with Crippen molar-refractivity contribution in [3.8, 4) is 0 Å². The Morgan fingerprint density at radius 2 is 2.05 bits per heavy atom. The maximum absolute atomic E-state index is 12.3. The molecule has 20 heavy (non-hydrogen) atoms. The van der Waals surface area contributed by atoms with Crippen molar-refractivity contribution in [3.05, 3.63) is 29.0 Å². The predicted octanol–water partition coefficient (Wildman–Crippen LogP) is 3.05. The van der Waals surface area contributed by atoms with Crippen molar-refractivity contribution in [2.75, 3.05) is 13.1 Å². The highest BCUT2D eigenvalue weighted by Gasteiger charge is 2.21. The molecule has 2 aromatic rings. The number of carbonyl (C=O) groups excluding carboxylic acids is 1. The Morgan fingerprint density at radius 1 is 1.30 bits per heavy atom. The van der Waals surface area contributed by atoms with Crippen molar-refractivity contribution in [2.45, 2.75) is 25.3 Å². The highest BCUT2D eigenvalue weighted by atomic mass is 35.5. The largest absolute Gasteiger partial charge is 0.341 e. The third-order valence-corrected chi connectivity index (χ3v) is 4.22. The van der Waals surface area contributed by atoms with Crippen LogP contribution in [0, 0.1) is 0 Å². The lowest BCUT2D eigenvalue weighted by atomic mass is 10.3. The number of benzene rings is 1. The zero-order chi connectivity index (χ0) is 14.1. The van der Waals surface area contributed by atoms with E-state index in [0.29, 0.717) is 16.4 Å². The first kappa shape index (κ1) is 13.7. The average Bonchev–Trinajstić information content (AvgIpc) is 3.07. The fraction of sp³-hybridized carbons (Fsp3) is 0.429.